The number of piperidine rings is 1. The Morgan fingerprint density at radius 1 is 1.08 bits per heavy atom. The number of hydrogen-bond donors (Lipinski definition) is 1. The molecule has 0 amide bonds. The quantitative estimate of drug-likeness (QED) is 0.834. The van der Waals surface area contributed by atoms with Gasteiger partial charge in [0.15, 0.2) is 0 Å². The van der Waals surface area contributed by atoms with E-state index in [1.54, 1.807) is 11.8 Å². The summed E-state index contributed by atoms with van der Waals surface area (Å²) in [6.45, 7) is 2.04. The van der Waals surface area contributed by atoms with Gasteiger partial charge in [-0.3, -0.25) is 0 Å². The predicted molar refractivity (Wildman–Crippen MR) is 98.0 cm³/mol. The molecule has 2 aromatic carbocycles. The van der Waals surface area contributed by atoms with Crippen molar-refractivity contribution in [1.29, 1.82) is 0 Å². The second kappa shape index (κ2) is 6.10. The molecule has 1 fully saturated rings. The van der Waals surface area contributed by atoms with Gasteiger partial charge in [-0.05, 0) is 69.4 Å². The zero-order valence-corrected chi connectivity index (χ0v) is 15.0. The summed E-state index contributed by atoms with van der Waals surface area (Å²) < 4.78 is 6.10. The summed E-state index contributed by atoms with van der Waals surface area (Å²) in [7, 11) is 2.15. The number of hydrogen-bond acceptors (Lipinski definition) is 4. The average molecular weight is 341 g/mol. The Balaban J connectivity index is 1.88. The standard InChI is InChI=1S/C20H23NO2S/c1-21-11-9-14(10-12-21)20(22)16-5-3-4-6-18(16)23-19-8-7-15(24-2)13-17(19)20/h3-8,13-14,22H,9-12H2,1-2H3. The summed E-state index contributed by atoms with van der Waals surface area (Å²) in [4.78, 5) is 3.49. The van der Waals surface area contributed by atoms with Crippen LogP contribution in [0.15, 0.2) is 47.4 Å². The Labute approximate surface area is 147 Å². The number of rotatable bonds is 2. The van der Waals surface area contributed by atoms with Crippen LogP contribution in [0.3, 0.4) is 0 Å². The highest BCUT2D eigenvalue weighted by Crippen LogP contribution is 2.53. The molecular formula is C20H23NO2S. The van der Waals surface area contributed by atoms with Crippen LogP contribution >= 0.6 is 11.8 Å². The van der Waals surface area contributed by atoms with Crippen LogP contribution in [-0.2, 0) is 5.60 Å². The molecule has 3 nitrogen and oxygen atoms in total. The Kier molecular flexibility index (Phi) is 4.07. The molecular weight excluding hydrogens is 318 g/mol. The summed E-state index contributed by atoms with van der Waals surface area (Å²) >= 11 is 1.70. The molecule has 2 aliphatic heterocycles. The number of benzene rings is 2. The SMILES string of the molecule is CSc1ccc2c(c1)C(O)(C1CCN(C)CC1)c1ccccc1O2. The maximum Gasteiger partial charge on any atom is 0.133 e. The Hall–Kier alpha value is -1.49. The van der Waals surface area contributed by atoms with E-state index < -0.39 is 5.60 Å². The van der Waals surface area contributed by atoms with Gasteiger partial charge in [-0.15, -0.1) is 11.8 Å². The lowest BCUT2D eigenvalue weighted by Gasteiger charge is -2.44. The van der Waals surface area contributed by atoms with Gasteiger partial charge in [0, 0.05) is 16.0 Å². The van der Waals surface area contributed by atoms with E-state index in [1.807, 2.05) is 30.3 Å². The number of fused-ring (bicyclic) bond motifs is 2. The highest BCUT2D eigenvalue weighted by atomic mass is 32.2. The topological polar surface area (TPSA) is 32.7 Å². The third kappa shape index (κ3) is 2.44. The monoisotopic (exact) mass is 341 g/mol. The fourth-order valence-electron chi connectivity index (χ4n) is 4.02. The second-order valence-corrected chi connectivity index (χ2v) is 7.68. The number of likely N-dealkylation sites (tertiary alicyclic amines) is 1. The average Bonchev–Trinajstić information content (AvgIpc) is 2.62. The molecule has 0 aliphatic carbocycles. The van der Waals surface area contributed by atoms with Crippen LogP contribution in [-0.4, -0.2) is 36.4 Å². The number of thioether (sulfide) groups is 1. The van der Waals surface area contributed by atoms with Crippen LogP contribution in [0.4, 0.5) is 0 Å². The summed E-state index contributed by atoms with van der Waals surface area (Å²) in [6.07, 6.45) is 4.04. The molecule has 0 aromatic heterocycles. The van der Waals surface area contributed by atoms with Crippen molar-refractivity contribution < 1.29 is 9.84 Å². The summed E-state index contributed by atoms with van der Waals surface area (Å²) in [5, 5.41) is 12.0. The maximum absolute atomic E-state index is 12.0. The first-order chi connectivity index (χ1) is 11.6. The largest absolute Gasteiger partial charge is 0.457 e. The highest BCUT2D eigenvalue weighted by molar-refractivity contribution is 7.98. The van der Waals surface area contributed by atoms with E-state index in [4.69, 9.17) is 4.74 Å². The van der Waals surface area contributed by atoms with E-state index >= 15 is 0 Å². The predicted octanol–water partition coefficient (Wildman–Crippen LogP) is 4.09. The van der Waals surface area contributed by atoms with E-state index in [0.29, 0.717) is 0 Å². The second-order valence-electron chi connectivity index (χ2n) is 6.80. The molecule has 126 valence electrons. The van der Waals surface area contributed by atoms with E-state index in [1.165, 1.54) is 0 Å². The van der Waals surface area contributed by atoms with Gasteiger partial charge in [-0.25, -0.2) is 0 Å². The smallest absolute Gasteiger partial charge is 0.133 e. The number of nitrogens with zero attached hydrogens (tertiary/aromatic N) is 1. The van der Waals surface area contributed by atoms with Gasteiger partial charge in [0.1, 0.15) is 17.1 Å². The first kappa shape index (κ1) is 16.0. The van der Waals surface area contributed by atoms with Crippen molar-refractivity contribution in [3.63, 3.8) is 0 Å². The fraction of sp³-hybridized carbons (Fsp3) is 0.400. The van der Waals surface area contributed by atoms with Crippen LogP contribution in [0.25, 0.3) is 0 Å². The molecule has 0 bridgehead atoms. The zero-order valence-electron chi connectivity index (χ0n) is 14.2. The lowest BCUT2D eigenvalue weighted by atomic mass is 9.70. The first-order valence-corrected chi connectivity index (χ1v) is 9.72. The lowest BCUT2D eigenvalue weighted by Crippen LogP contribution is -2.44. The molecule has 1 unspecified atom stereocenters. The maximum atomic E-state index is 12.0. The Morgan fingerprint density at radius 2 is 1.79 bits per heavy atom. The van der Waals surface area contributed by atoms with Crippen molar-refractivity contribution in [3.05, 3.63) is 53.6 Å². The normalized spacial score (nSPS) is 24.1. The molecule has 4 heteroatoms. The van der Waals surface area contributed by atoms with Crippen molar-refractivity contribution >= 4 is 11.8 Å². The van der Waals surface area contributed by atoms with E-state index in [2.05, 4.69) is 30.3 Å². The summed E-state index contributed by atoms with van der Waals surface area (Å²) in [6, 6.07) is 14.1. The van der Waals surface area contributed by atoms with E-state index in [9.17, 15) is 5.11 Å². The van der Waals surface area contributed by atoms with Gasteiger partial charge in [-0.1, -0.05) is 18.2 Å². The van der Waals surface area contributed by atoms with Gasteiger partial charge in [0.25, 0.3) is 0 Å². The van der Waals surface area contributed by atoms with E-state index in [-0.39, 0.29) is 5.92 Å². The van der Waals surface area contributed by atoms with Crippen molar-refractivity contribution in [1.82, 2.24) is 4.90 Å². The minimum atomic E-state index is -0.975. The summed E-state index contributed by atoms with van der Waals surface area (Å²) in [5.74, 6) is 1.77. The first-order valence-electron chi connectivity index (χ1n) is 8.49. The molecule has 0 spiro atoms. The number of para-hydroxylation sites is 1. The van der Waals surface area contributed by atoms with Crippen LogP contribution < -0.4 is 4.74 Å². The minimum absolute atomic E-state index is 0.203. The van der Waals surface area contributed by atoms with Gasteiger partial charge in [0.2, 0.25) is 0 Å². The molecule has 1 saturated heterocycles. The zero-order chi connectivity index (χ0) is 16.7. The van der Waals surface area contributed by atoms with E-state index in [0.717, 1.165) is 53.5 Å². The van der Waals surface area contributed by atoms with Crippen LogP contribution in [0.5, 0.6) is 11.5 Å². The van der Waals surface area contributed by atoms with Gasteiger partial charge in [-0.2, -0.15) is 0 Å². The van der Waals surface area contributed by atoms with Crippen molar-refractivity contribution in [2.24, 2.45) is 5.92 Å². The number of aliphatic hydroxyl groups is 1. The molecule has 1 N–H and O–H groups in total. The van der Waals surface area contributed by atoms with Crippen molar-refractivity contribution in [2.45, 2.75) is 23.3 Å². The highest BCUT2D eigenvalue weighted by Gasteiger charge is 2.47. The molecule has 2 aliphatic rings. The Bertz CT molecular complexity index is 755. The van der Waals surface area contributed by atoms with Crippen molar-refractivity contribution in [3.8, 4) is 11.5 Å². The van der Waals surface area contributed by atoms with Crippen LogP contribution in [0, 0.1) is 5.92 Å². The van der Waals surface area contributed by atoms with Gasteiger partial charge >= 0.3 is 0 Å². The Morgan fingerprint density at radius 3 is 2.54 bits per heavy atom. The molecule has 0 saturated carbocycles. The van der Waals surface area contributed by atoms with Crippen LogP contribution in [0.1, 0.15) is 24.0 Å². The van der Waals surface area contributed by atoms with Crippen LogP contribution in [0.2, 0.25) is 0 Å². The van der Waals surface area contributed by atoms with Gasteiger partial charge < -0.3 is 14.7 Å². The molecule has 1 atom stereocenters. The molecule has 24 heavy (non-hydrogen) atoms. The summed E-state index contributed by atoms with van der Waals surface area (Å²) in [5.41, 5.74) is 0.852. The van der Waals surface area contributed by atoms with Crippen molar-refractivity contribution in [2.75, 3.05) is 26.4 Å². The third-order valence-electron chi connectivity index (χ3n) is 5.42. The number of ether oxygens (including phenoxy) is 1. The molecule has 4 rings (SSSR count). The van der Waals surface area contributed by atoms with Gasteiger partial charge in [0.05, 0.1) is 0 Å². The third-order valence-corrected chi connectivity index (χ3v) is 6.15. The molecule has 2 heterocycles. The fourth-order valence-corrected chi connectivity index (χ4v) is 4.46. The lowest BCUT2D eigenvalue weighted by molar-refractivity contribution is -0.0179. The molecule has 0 radical (unpaired) electrons. The minimum Gasteiger partial charge on any atom is -0.457 e. The molecule has 2 aromatic rings.